The summed E-state index contributed by atoms with van der Waals surface area (Å²) in [6.07, 6.45) is 7.07. The molecule has 0 bridgehead atoms. The lowest BCUT2D eigenvalue weighted by Gasteiger charge is -2.38. The highest BCUT2D eigenvalue weighted by atomic mass is 16.2. The topological polar surface area (TPSA) is 53.2 Å². The Kier molecular flexibility index (Phi) is 4.72. The number of nitrogens with one attached hydrogen (secondary N) is 3. The van der Waals surface area contributed by atoms with Gasteiger partial charge in [-0.1, -0.05) is 31.5 Å². The van der Waals surface area contributed by atoms with Crippen molar-refractivity contribution in [1.29, 1.82) is 0 Å². The van der Waals surface area contributed by atoms with Gasteiger partial charge in [0.15, 0.2) is 0 Å². The van der Waals surface area contributed by atoms with Gasteiger partial charge in [-0.15, -0.1) is 0 Å². The Labute approximate surface area is 151 Å². The lowest BCUT2D eigenvalue weighted by molar-refractivity contribution is -0.123. The number of aryl methyl sites for hydroxylation is 1. The molecule has 1 aromatic rings. The molecule has 1 saturated heterocycles. The van der Waals surface area contributed by atoms with Crippen LogP contribution in [0.4, 0.5) is 5.69 Å². The maximum absolute atomic E-state index is 13.0. The average Bonchev–Trinajstić information content (AvgIpc) is 3.37. The number of rotatable bonds is 5. The molecule has 4 heteroatoms. The molecule has 3 N–H and O–H groups in total. The summed E-state index contributed by atoms with van der Waals surface area (Å²) in [5.41, 5.74) is 3.66. The van der Waals surface area contributed by atoms with E-state index in [9.17, 15) is 4.79 Å². The Bertz CT molecular complexity index is 640. The fourth-order valence-corrected chi connectivity index (χ4v) is 4.79. The number of benzene rings is 1. The molecule has 4 rings (SSSR count). The van der Waals surface area contributed by atoms with E-state index < -0.39 is 0 Å². The zero-order valence-electron chi connectivity index (χ0n) is 15.5. The monoisotopic (exact) mass is 341 g/mol. The Morgan fingerprint density at radius 1 is 1.32 bits per heavy atom. The second-order valence-electron chi connectivity index (χ2n) is 8.17. The zero-order chi connectivity index (χ0) is 17.4. The van der Waals surface area contributed by atoms with Crippen LogP contribution in [0.5, 0.6) is 0 Å². The number of carbonyl (C=O) groups is 1. The molecule has 136 valence electrons. The highest BCUT2D eigenvalue weighted by molar-refractivity contribution is 5.88. The number of para-hydroxylation sites is 1. The predicted molar refractivity (Wildman–Crippen MR) is 102 cm³/mol. The quantitative estimate of drug-likeness (QED) is 0.772. The third-order valence-electron chi connectivity index (χ3n) is 6.41. The lowest BCUT2D eigenvalue weighted by atomic mass is 9.82. The molecular weight excluding hydrogens is 310 g/mol. The molecule has 2 heterocycles. The van der Waals surface area contributed by atoms with Gasteiger partial charge in [0, 0.05) is 24.2 Å². The van der Waals surface area contributed by atoms with Crippen molar-refractivity contribution in [1.82, 2.24) is 10.6 Å². The summed E-state index contributed by atoms with van der Waals surface area (Å²) in [4.78, 5) is 13.0. The number of hydrogen-bond acceptors (Lipinski definition) is 3. The third-order valence-corrected chi connectivity index (χ3v) is 6.41. The van der Waals surface area contributed by atoms with Crippen LogP contribution in [0.2, 0.25) is 0 Å². The molecule has 1 saturated carbocycles. The van der Waals surface area contributed by atoms with E-state index in [2.05, 4.69) is 48.0 Å². The standard InChI is InChI=1S/C21H31N3O/c1-3-14-8-5-11-22-19(14)20(15-9-10-15)24-21(25)17-12-16-7-4-6-13(2)18(16)23-17/h4,6-7,14-15,17,19-20,22-23H,3,5,8-12H2,1-2H3,(H,24,25). The van der Waals surface area contributed by atoms with Crippen LogP contribution >= 0.6 is 0 Å². The molecule has 1 aliphatic carbocycles. The molecule has 0 radical (unpaired) electrons. The number of carbonyl (C=O) groups excluding carboxylic acids is 1. The molecular formula is C21H31N3O. The van der Waals surface area contributed by atoms with Crippen LogP contribution in [0.15, 0.2) is 18.2 Å². The van der Waals surface area contributed by atoms with E-state index >= 15 is 0 Å². The fourth-order valence-electron chi connectivity index (χ4n) is 4.79. The predicted octanol–water partition coefficient (Wildman–Crippen LogP) is 3.00. The van der Waals surface area contributed by atoms with Crippen LogP contribution < -0.4 is 16.0 Å². The van der Waals surface area contributed by atoms with E-state index in [1.807, 2.05) is 0 Å². The van der Waals surface area contributed by atoms with E-state index in [0.29, 0.717) is 23.9 Å². The number of anilines is 1. The van der Waals surface area contributed by atoms with Crippen molar-refractivity contribution in [3.05, 3.63) is 29.3 Å². The van der Waals surface area contributed by atoms with Crippen LogP contribution in [0.1, 0.15) is 50.2 Å². The molecule has 4 nitrogen and oxygen atoms in total. The largest absolute Gasteiger partial charge is 0.373 e. The molecule has 4 unspecified atom stereocenters. The maximum Gasteiger partial charge on any atom is 0.243 e. The second kappa shape index (κ2) is 6.99. The highest BCUT2D eigenvalue weighted by Gasteiger charge is 2.42. The van der Waals surface area contributed by atoms with Gasteiger partial charge >= 0.3 is 0 Å². The fraction of sp³-hybridized carbons (Fsp3) is 0.667. The van der Waals surface area contributed by atoms with Gasteiger partial charge < -0.3 is 16.0 Å². The van der Waals surface area contributed by atoms with Crippen molar-refractivity contribution < 1.29 is 4.79 Å². The molecule has 1 aromatic carbocycles. The van der Waals surface area contributed by atoms with Gasteiger partial charge in [0.2, 0.25) is 5.91 Å². The van der Waals surface area contributed by atoms with Gasteiger partial charge in [0.1, 0.15) is 6.04 Å². The first-order chi connectivity index (χ1) is 12.2. The van der Waals surface area contributed by atoms with Crippen molar-refractivity contribution >= 4 is 11.6 Å². The van der Waals surface area contributed by atoms with Gasteiger partial charge in [-0.2, -0.15) is 0 Å². The Morgan fingerprint density at radius 2 is 2.16 bits per heavy atom. The number of hydrogen-bond donors (Lipinski definition) is 3. The Hall–Kier alpha value is -1.55. The van der Waals surface area contributed by atoms with E-state index in [-0.39, 0.29) is 11.9 Å². The Balaban J connectivity index is 1.44. The summed E-state index contributed by atoms with van der Waals surface area (Å²) in [7, 11) is 0. The summed E-state index contributed by atoms with van der Waals surface area (Å²) in [6, 6.07) is 6.94. The number of fused-ring (bicyclic) bond motifs is 1. The third kappa shape index (κ3) is 3.41. The SMILES string of the molecule is CCC1CCCNC1C(NC(=O)C1Cc2cccc(C)c2N1)C1CC1. The van der Waals surface area contributed by atoms with E-state index in [1.165, 1.54) is 43.2 Å². The molecule has 0 aromatic heterocycles. The van der Waals surface area contributed by atoms with Crippen molar-refractivity contribution in [3.63, 3.8) is 0 Å². The van der Waals surface area contributed by atoms with Crippen LogP contribution in [0.3, 0.4) is 0 Å². The van der Waals surface area contributed by atoms with Crippen LogP contribution in [0, 0.1) is 18.8 Å². The van der Waals surface area contributed by atoms with Crippen molar-refractivity contribution in [3.8, 4) is 0 Å². The minimum Gasteiger partial charge on any atom is -0.373 e. The molecule has 3 aliphatic rings. The summed E-state index contributed by atoms with van der Waals surface area (Å²) >= 11 is 0. The van der Waals surface area contributed by atoms with E-state index in [1.54, 1.807) is 0 Å². The minimum absolute atomic E-state index is 0.124. The first kappa shape index (κ1) is 16.9. The first-order valence-electron chi connectivity index (χ1n) is 10.1. The molecule has 25 heavy (non-hydrogen) atoms. The van der Waals surface area contributed by atoms with Crippen LogP contribution in [0.25, 0.3) is 0 Å². The number of piperidine rings is 1. The summed E-state index contributed by atoms with van der Waals surface area (Å²) in [5.74, 6) is 1.53. The first-order valence-corrected chi connectivity index (χ1v) is 10.1. The van der Waals surface area contributed by atoms with Gasteiger partial charge in [0.05, 0.1) is 0 Å². The summed E-state index contributed by atoms with van der Waals surface area (Å²) in [5, 5.41) is 10.6. The van der Waals surface area contributed by atoms with Gasteiger partial charge in [0.25, 0.3) is 0 Å². The minimum atomic E-state index is -0.124. The smallest absolute Gasteiger partial charge is 0.243 e. The maximum atomic E-state index is 13.0. The van der Waals surface area contributed by atoms with Gasteiger partial charge in [-0.05, 0) is 62.1 Å². The Morgan fingerprint density at radius 3 is 2.88 bits per heavy atom. The van der Waals surface area contributed by atoms with Crippen molar-refractivity contribution in [2.45, 2.75) is 70.5 Å². The molecule has 0 spiro atoms. The van der Waals surface area contributed by atoms with Crippen molar-refractivity contribution in [2.75, 3.05) is 11.9 Å². The van der Waals surface area contributed by atoms with Crippen LogP contribution in [-0.2, 0) is 11.2 Å². The zero-order valence-corrected chi connectivity index (χ0v) is 15.5. The molecule has 4 atom stereocenters. The molecule has 2 aliphatic heterocycles. The van der Waals surface area contributed by atoms with Crippen LogP contribution in [-0.4, -0.2) is 30.6 Å². The van der Waals surface area contributed by atoms with E-state index in [0.717, 1.165) is 18.7 Å². The van der Waals surface area contributed by atoms with E-state index in [4.69, 9.17) is 0 Å². The van der Waals surface area contributed by atoms with Gasteiger partial charge in [-0.25, -0.2) is 0 Å². The normalized spacial score (nSPS) is 29.6. The molecule has 1 amide bonds. The van der Waals surface area contributed by atoms with Gasteiger partial charge in [-0.3, -0.25) is 4.79 Å². The average molecular weight is 341 g/mol. The highest BCUT2D eigenvalue weighted by Crippen LogP contribution is 2.38. The number of amides is 1. The lowest BCUT2D eigenvalue weighted by Crippen LogP contribution is -2.58. The summed E-state index contributed by atoms with van der Waals surface area (Å²) < 4.78 is 0. The second-order valence-corrected chi connectivity index (χ2v) is 8.17. The summed E-state index contributed by atoms with van der Waals surface area (Å²) in [6.45, 7) is 5.48. The van der Waals surface area contributed by atoms with Crippen molar-refractivity contribution in [2.24, 2.45) is 11.8 Å². The molecule has 2 fully saturated rings.